The van der Waals surface area contributed by atoms with Crippen molar-refractivity contribution in [3.63, 3.8) is 0 Å². The summed E-state index contributed by atoms with van der Waals surface area (Å²) in [5, 5.41) is 0.493. The highest BCUT2D eigenvalue weighted by Gasteiger charge is 2.17. The summed E-state index contributed by atoms with van der Waals surface area (Å²) < 4.78 is 11.4. The lowest BCUT2D eigenvalue weighted by molar-refractivity contribution is -0.00562. The van der Waals surface area contributed by atoms with E-state index in [9.17, 15) is 4.79 Å². The number of methoxy groups -OCH3 is 1. The lowest BCUT2D eigenvalue weighted by Crippen LogP contribution is -2.25. The molecule has 0 aliphatic heterocycles. The van der Waals surface area contributed by atoms with Crippen LogP contribution in [0.4, 0.5) is 5.13 Å². The number of hydrogen-bond donors (Lipinski definition) is 1. The summed E-state index contributed by atoms with van der Waals surface area (Å²) in [6.07, 6.45) is 0.644. The third-order valence-corrected chi connectivity index (χ3v) is 3.98. The van der Waals surface area contributed by atoms with Crippen LogP contribution >= 0.6 is 11.3 Å². The van der Waals surface area contributed by atoms with Crippen LogP contribution in [0.15, 0.2) is 18.2 Å². The molecule has 1 aromatic heterocycles. The van der Waals surface area contributed by atoms with E-state index in [1.165, 1.54) is 11.3 Å². The molecule has 2 N–H and O–H groups in total. The number of nitrogens with two attached hydrogens (primary N) is 1. The summed E-state index contributed by atoms with van der Waals surface area (Å²) in [6.45, 7) is 4.22. The van der Waals surface area contributed by atoms with E-state index in [1.807, 2.05) is 13.8 Å². The number of nitrogens with zero attached hydrogens (tertiary/aromatic N) is 1. The predicted molar refractivity (Wildman–Crippen MR) is 80.0 cm³/mol. The second-order valence-corrected chi connectivity index (χ2v) is 6.15. The van der Waals surface area contributed by atoms with Crippen LogP contribution in [-0.4, -0.2) is 30.3 Å². The lowest BCUT2D eigenvalue weighted by atomic mass is 10.1. The van der Waals surface area contributed by atoms with Crippen molar-refractivity contribution in [2.24, 2.45) is 0 Å². The van der Waals surface area contributed by atoms with Crippen molar-refractivity contribution in [2.45, 2.75) is 25.9 Å². The molecule has 6 heteroatoms. The van der Waals surface area contributed by atoms with Crippen LogP contribution in [-0.2, 0) is 9.47 Å². The summed E-state index contributed by atoms with van der Waals surface area (Å²) in [4.78, 5) is 16.1. The Hall–Kier alpha value is -1.66. The van der Waals surface area contributed by atoms with E-state index < -0.39 is 0 Å². The van der Waals surface area contributed by atoms with Crippen LogP contribution in [0.25, 0.3) is 10.2 Å². The second-order valence-electron chi connectivity index (χ2n) is 5.08. The smallest absolute Gasteiger partial charge is 0.338 e. The third kappa shape index (κ3) is 3.46. The molecular formula is C14H18N2O3S. The average molecular weight is 294 g/mol. The maximum absolute atomic E-state index is 12.0. The van der Waals surface area contributed by atoms with Crippen LogP contribution in [0.3, 0.4) is 0 Å². The molecule has 2 aromatic rings. The normalized spacial score (nSPS) is 11.8. The van der Waals surface area contributed by atoms with Crippen LogP contribution in [0, 0.1) is 0 Å². The molecule has 0 unspecified atom stereocenters. The number of ether oxygens (including phenoxy) is 2. The fourth-order valence-corrected chi connectivity index (χ4v) is 2.42. The van der Waals surface area contributed by atoms with Crippen LogP contribution in [0.1, 0.15) is 30.6 Å². The maximum Gasteiger partial charge on any atom is 0.338 e. The Morgan fingerprint density at radius 3 is 2.90 bits per heavy atom. The van der Waals surface area contributed by atoms with E-state index in [1.54, 1.807) is 25.3 Å². The van der Waals surface area contributed by atoms with Gasteiger partial charge < -0.3 is 15.2 Å². The van der Waals surface area contributed by atoms with E-state index in [0.717, 1.165) is 10.2 Å². The van der Waals surface area contributed by atoms with Gasteiger partial charge in [-0.1, -0.05) is 11.3 Å². The molecule has 20 heavy (non-hydrogen) atoms. The zero-order chi connectivity index (χ0) is 14.8. The number of rotatable bonds is 5. The molecule has 108 valence electrons. The summed E-state index contributed by atoms with van der Waals surface area (Å²) in [5.74, 6) is -0.342. The summed E-state index contributed by atoms with van der Waals surface area (Å²) in [6, 6.07) is 5.23. The second kappa shape index (κ2) is 5.76. The van der Waals surface area contributed by atoms with Gasteiger partial charge in [0.05, 0.1) is 28.0 Å². The Morgan fingerprint density at radius 2 is 2.20 bits per heavy atom. The Bertz CT molecular complexity index is 622. The topological polar surface area (TPSA) is 74.4 Å². The number of aromatic nitrogens is 1. The molecule has 0 spiro atoms. The number of fused-ring (bicyclic) bond motifs is 1. The number of esters is 1. The molecule has 0 fully saturated rings. The molecule has 1 aromatic carbocycles. The van der Waals surface area contributed by atoms with E-state index in [-0.39, 0.29) is 11.6 Å². The Balaban J connectivity index is 2.00. The number of thiazole rings is 1. The molecule has 0 aliphatic carbocycles. The minimum absolute atomic E-state index is 0.295. The predicted octanol–water partition coefficient (Wildman–Crippen LogP) is 2.85. The molecule has 0 aliphatic rings. The van der Waals surface area contributed by atoms with Gasteiger partial charge in [0.15, 0.2) is 5.13 Å². The molecule has 0 atom stereocenters. The summed E-state index contributed by atoms with van der Waals surface area (Å²) in [5.41, 5.74) is 6.65. The highest BCUT2D eigenvalue weighted by molar-refractivity contribution is 7.22. The number of carbonyl (C=O) groups is 1. The molecule has 1 heterocycles. The SMILES string of the molecule is COC(C)(C)CCOC(=O)c1ccc2nc(N)sc2c1. The van der Waals surface area contributed by atoms with Gasteiger partial charge in [0.25, 0.3) is 0 Å². The first-order valence-electron chi connectivity index (χ1n) is 6.30. The lowest BCUT2D eigenvalue weighted by Gasteiger charge is -2.22. The van der Waals surface area contributed by atoms with Crippen molar-refractivity contribution in [1.29, 1.82) is 0 Å². The number of carbonyl (C=O) groups excluding carboxylic acids is 1. The number of hydrogen-bond acceptors (Lipinski definition) is 6. The zero-order valence-electron chi connectivity index (χ0n) is 11.8. The largest absolute Gasteiger partial charge is 0.462 e. The van der Waals surface area contributed by atoms with Crippen LogP contribution < -0.4 is 5.73 Å². The fraction of sp³-hybridized carbons (Fsp3) is 0.429. The minimum Gasteiger partial charge on any atom is -0.462 e. The monoisotopic (exact) mass is 294 g/mol. The molecule has 0 bridgehead atoms. The molecule has 2 rings (SSSR count). The summed E-state index contributed by atoms with van der Waals surface area (Å²) >= 11 is 1.35. The van der Waals surface area contributed by atoms with Crippen molar-refractivity contribution in [2.75, 3.05) is 19.5 Å². The van der Waals surface area contributed by atoms with E-state index >= 15 is 0 Å². The van der Waals surface area contributed by atoms with Crippen molar-refractivity contribution in [1.82, 2.24) is 4.98 Å². The molecule has 0 amide bonds. The van der Waals surface area contributed by atoms with Crippen LogP contribution in [0.5, 0.6) is 0 Å². The molecule has 5 nitrogen and oxygen atoms in total. The first-order valence-corrected chi connectivity index (χ1v) is 7.11. The quantitative estimate of drug-likeness (QED) is 0.858. The van der Waals surface area contributed by atoms with Gasteiger partial charge in [-0.15, -0.1) is 0 Å². The molecular weight excluding hydrogens is 276 g/mol. The number of nitrogen functional groups attached to an aromatic ring is 1. The number of benzene rings is 1. The molecule has 0 radical (unpaired) electrons. The van der Waals surface area contributed by atoms with Gasteiger partial charge in [0, 0.05) is 13.5 Å². The highest BCUT2D eigenvalue weighted by Crippen LogP contribution is 2.25. The number of anilines is 1. The first kappa shape index (κ1) is 14.7. The zero-order valence-corrected chi connectivity index (χ0v) is 12.6. The van der Waals surface area contributed by atoms with Gasteiger partial charge in [0.1, 0.15) is 0 Å². The maximum atomic E-state index is 12.0. The van der Waals surface area contributed by atoms with Gasteiger partial charge in [-0.2, -0.15) is 0 Å². The molecule has 0 saturated carbocycles. The van der Waals surface area contributed by atoms with Crippen LogP contribution in [0.2, 0.25) is 0 Å². The van der Waals surface area contributed by atoms with Crippen molar-refractivity contribution >= 4 is 32.7 Å². The van der Waals surface area contributed by atoms with Gasteiger partial charge >= 0.3 is 5.97 Å². The Kier molecular flexibility index (Phi) is 4.25. The van der Waals surface area contributed by atoms with Crippen molar-refractivity contribution in [3.05, 3.63) is 23.8 Å². The molecule has 0 saturated heterocycles. The highest BCUT2D eigenvalue weighted by atomic mass is 32.1. The third-order valence-electron chi connectivity index (χ3n) is 3.13. The Labute approximate surface area is 121 Å². The van der Waals surface area contributed by atoms with Gasteiger partial charge in [-0.25, -0.2) is 9.78 Å². The fourth-order valence-electron chi connectivity index (χ4n) is 1.64. The Morgan fingerprint density at radius 1 is 1.45 bits per heavy atom. The first-order chi connectivity index (χ1) is 9.41. The van der Waals surface area contributed by atoms with Gasteiger partial charge in [-0.05, 0) is 32.0 Å². The van der Waals surface area contributed by atoms with Gasteiger partial charge in [-0.3, -0.25) is 0 Å². The van der Waals surface area contributed by atoms with Gasteiger partial charge in [0.2, 0.25) is 0 Å². The van der Waals surface area contributed by atoms with E-state index in [2.05, 4.69) is 4.98 Å². The van der Waals surface area contributed by atoms with Crippen molar-refractivity contribution in [3.8, 4) is 0 Å². The van der Waals surface area contributed by atoms with E-state index in [4.69, 9.17) is 15.2 Å². The van der Waals surface area contributed by atoms with E-state index in [0.29, 0.717) is 23.7 Å². The summed E-state index contributed by atoms with van der Waals surface area (Å²) in [7, 11) is 1.64. The van der Waals surface area contributed by atoms with Crippen molar-refractivity contribution < 1.29 is 14.3 Å². The average Bonchev–Trinajstić information content (AvgIpc) is 2.77. The minimum atomic E-state index is -0.342. The standard InChI is InChI=1S/C14H18N2O3S/c1-14(2,18-3)6-7-19-12(17)9-4-5-10-11(8-9)20-13(15)16-10/h4-5,8H,6-7H2,1-3H3,(H2,15,16).